The molecule has 6 aliphatic rings. The molecule has 9 heteroatoms. The van der Waals surface area contributed by atoms with Gasteiger partial charge in [-0.25, -0.2) is 0 Å². The van der Waals surface area contributed by atoms with E-state index in [4.69, 9.17) is 20.3 Å². The number of allylic oxidation sites excluding steroid dienone is 2. The molecular weight excluding hydrogens is 693 g/mol. The molecule has 55 heavy (non-hydrogen) atoms. The molecule has 9 nitrogen and oxygen atoms in total. The number of fused-ring (bicyclic) bond motifs is 2. The zero-order valence-electron chi connectivity index (χ0n) is 34.0. The second kappa shape index (κ2) is 15.6. The van der Waals surface area contributed by atoms with Crippen molar-refractivity contribution in [2.24, 2.45) is 80.5 Å². The van der Waals surface area contributed by atoms with Crippen LogP contribution in [0, 0.1) is 69.0 Å². The monoisotopic (exact) mass is 765 g/mol. The highest BCUT2D eigenvalue weighted by molar-refractivity contribution is 5.69. The number of furan rings is 2. The van der Waals surface area contributed by atoms with Crippen molar-refractivity contribution in [3.05, 3.63) is 54.4 Å². The molecule has 0 unspecified atom stereocenters. The van der Waals surface area contributed by atoms with Crippen LogP contribution >= 0.6 is 0 Å². The Balaban J connectivity index is 0.000000169. The fourth-order valence-corrected chi connectivity index (χ4v) is 14.5. The van der Waals surface area contributed by atoms with E-state index in [1.807, 2.05) is 18.2 Å². The van der Waals surface area contributed by atoms with Gasteiger partial charge in [-0.1, -0.05) is 33.8 Å². The minimum absolute atomic E-state index is 0.00919. The summed E-state index contributed by atoms with van der Waals surface area (Å²) in [4.78, 5) is 0. The first-order valence-electron chi connectivity index (χ1n) is 21.7. The third-order valence-electron chi connectivity index (χ3n) is 18.0. The van der Waals surface area contributed by atoms with E-state index >= 15 is 0 Å². The summed E-state index contributed by atoms with van der Waals surface area (Å²) in [5, 5.41) is 52.2. The van der Waals surface area contributed by atoms with Crippen LogP contribution < -0.4 is 11.5 Å². The molecule has 0 bridgehead atoms. The topological polar surface area (TPSA) is 179 Å². The molecule has 308 valence electrons. The molecule has 2 aromatic rings. The van der Waals surface area contributed by atoms with Gasteiger partial charge in [0, 0.05) is 18.6 Å². The Morgan fingerprint density at radius 1 is 0.673 bits per heavy atom. The molecule has 2 aromatic heterocycles. The Bertz CT molecular complexity index is 1600. The Hall–Kier alpha value is -1.98. The molecule has 6 aliphatic carbocycles. The second-order valence-electron chi connectivity index (χ2n) is 20.0. The number of nitrogens with two attached hydrogens (primary N) is 2. The summed E-state index contributed by atoms with van der Waals surface area (Å²) in [5.74, 6) is 4.54. The molecule has 0 radical (unpaired) electrons. The SMILES string of the molecule is C[C@]1([C@H]2CC[C@@]3(C)[C@@H](CC[C@@]3(O)c3ccco3)[C@@H]2CN)CC[C@H](O)C[C@@H]1CO.C[C@]1([C@H]2CC[C@]3(C)C(c4ccco4)=CC[C@H]3[C@@H]2CN)CC[C@H](O)C[C@@H]1CO. The van der Waals surface area contributed by atoms with Crippen LogP contribution in [-0.2, 0) is 5.60 Å². The van der Waals surface area contributed by atoms with Crippen LogP contribution in [0.25, 0.3) is 5.57 Å². The Morgan fingerprint density at radius 3 is 1.75 bits per heavy atom. The van der Waals surface area contributed by atoms with E-state index < -0.39 is 5.60 Å². The zero-order valence-corrected chi connectivity index (χ0v) is 34.0. The maximum atomic E-state index is 11.7. The van der Waals surface area contributed by atoms with Crippen LogP contribution in [0.15, 0.2) is 51.7 Å². The lowest BCUT2D eigenvalue weighted by Gasteiger charge is -2.57. The lowest BCUT2D eigenvalue weighted by atomic mass is 9.48. The maximum Gasteiger partial charge on any atom is 0.135 e. The lowest BCUT2D eigenvalue weighted by molar-refractivity contribution is -0.150. The van der Waals surface area contributed by atoms with Gasteiger partial charge < -0.3 is 45.8 Å². The molecule has 0 amide bonds. The van der Waals surface area contributed by atoms with Crippen LogP contribution in [0.5, 0.6) is 0 Å². The van der Waals surface area contributed by atoms with Crippen molar-refractivity contribution in [1.82, 2.24) is 0 Å². The summed E-state index contributed by atoms with van der Waals surface area (Å²) in [6.07, 6.45) is 17.1. The number of aliphatic hydroxyl groups is 5. The van der Waals surface area contributed by atoms with E-state index in [-0.39, 0.29) is 58.9 Å². The summed E-state index contributed by atoms with van der Waals surface area (Å²) in [6, 6.07) is 7.81. The zero-order chi connectivity index (χ0) is 39.4. The van der Waals surface area contributed by atoms with Gasteiger partial charge in [-0.15, -0.1) is 0 Å². The molecule has 15 atom stereocenters. The van der Waals surface area contributed by atoms with E-state index in [0.717, 1.165) is 76.4 Å². The summed E-state index contributed by atoms with van der Waals surface area (Å²) >= 11 is 0. The van der Waals surface area contributed by atoms with Crippen molar-refractivity contribution in [1.29, 1.82) is 0 Å². The molecule has 9 N–H and O–H groups in total. The van der Waals surface area contributed by atoms with Gasteiger partial charge in [-0.05, 0) is 190 Å². The standard InChI is InChI=1S/C23H37NO4.C23H35NO3/c1-21(8-5-16(26)12-15(21)14-25)18-6-9-22(2)19(17(18)13-24)7-10-23(22,27)20-4-3-11-28-20;1-22(9-7-16(26)12-15(22)14-25)19-8-10-23(2)18(17(19)13-24)5-6-20(23)21-4-3-11-27-21/h3-4,11,15-19,25-27H,5-10,12-14,24H2,1-2H3;3-4,6,11,15-19,25-26H,5,7-10,12-14,24H2,1-2H3/t15-,16+,17-,18+,19+,21+,22+,23-;15-,16+,17+,18+,19+,22+,23+/m11/s1. The minimum atomic E-state index is -0.931. The highest BCUT2D eigenvalue weighted by Crippen LogP contribution is 2.68. The number of aliphatic hydroxyl groups excluding tert-OH is 4. The van der Waals surface area contributed by atoms with E-state index in [1.165, 1.54) is 5.57 Å². The first-order valence-corrected chi connectivity index (χ1v) is 21.7. The molecule has 0 aromatic carbocycles. The summed E-state index contributed by atoms with van der Waals surface area (Å²) in [6.45, 7) is 10.9. The Morgan fingerprint density at radius 2 is 1.22 bits per heavy atom. The fraction of sp³-hybridized carbons (Fsp3) is 0.783. The normalized spacial score (nSPS) is 47.0. The van der Waals surface area contributed by atoms with E-state index in [2.05, 4.69) is 39.8 Å². The summed E-state index contributed by atoms with van der Waals surface area (Å²) < 4.78 is 11.4. The van der Waals surface area contributed by atoms with Crippen LogP contribution in [-0.4, -0.2) is 64.0 Å². The second-order valence-corrected chi connectivity index (χ2v) is 20.0. The number of hydrogen-bond acceptors (Lipinski definition) is 9. The molecule has 0 aliphatic heterocycles. The first kappa shape index (κ1) is 41.2. The maximum absolute atomic E-state index is 11.7. The number of hydrogen-bond donors (Lipinski definition) is 7. The first-order chi connectivity index (χ1) is 26.2. The Labute approximate surface area is 329 Å². The molecular formula is C46H72N2O7. The van der Waals surface area contributed by atoms with Gasteiger partial charge >= 0.3 is 0 Å². The average Bonchev–Trinajstić information content (AvgIpc) is 4.01. The van der Waals surface area contributed by atoms with Crippen molar-refractivity contribution in [2.75, 3.05) is 26.3 Å². The van der Waals surface area contributed by atoms with Crippen molar-refractivity contribution in [2.45, 2.75) is 129 Å². The number of rotatable bonds is 8. The van der Waals surface area contributed by atoms with Crippen molar-refractivity contribution < 1.29 is 34.4 Å². The summed E-state index contributed by atoms with van der Waals surface area (Å²) in [5.41, 5.74) is 13.1. The average molecular weight is 765 g/mol. The molecule has 8 rings (SSSR count). The smallest absolute Gasteiger partial charge is 0.135 e. The predicted molar refractivity (Wildman–Crippen MR) is 214 cm³/mol. The highest BCUT2D eigenvalue weighted by Gasteiger charge is 2.65. The van der Waals surface area contributed by atoms with Crippen LogP contribution in [0.2, 0.25) is 0 Å². The van der Waals surface area contributed by atoms with Gasteiger partial charge in [0.1, 0.15) is 17.1 Å². The van der Waals surface area contributed by atoms with Crippen LogP contribution in [0.4, 0.5) is 0 Å². The van der Waals surface area contributed by atoms with E-state index in [9.17, 15) is 25.5 Å². The van der Waals surface area contributed by atoms with E-state index in [0.29, 0.717) is 67.2 Å². The summed E-state index contributed by atoms with van der Waals surface area (Å²) in [7, 11) is 0. The largest absolute Gasteiger partial charge is 0.466 e. The van der Waals surface area contributed by atoms with Gasteiger partial charge in [0.15, 0.2) is 0 Å². The third-order valence-corrected chi connectivity index (χ3v) is 18.0. The van der Waals surface area contributed by atoms with Gasteiger partial charge in [-0.2, -0.15) is 0 Å². The van der Waals surface area contributed by atoms with Gasteiger partial charge in [0.25, 0.3) is 0 Å². The van der Waals surface area contributed by atoms with Crippen molar-refractivity contribution in [3.63, 3.8) is 0 Å². The molecule has 2 heterocycles. The molecule has 0 spiro atoms. The van der Waals surface area contributed by atoms with Crippen molar-refractivity contribution >= 4 is 5.57 Å². The molecule has 5 saturated carbocycles. The van der Waals surface area contributed by atoms with Crippen LogP contribution in [0.1, 0.15) is 123 Å². The quantitative estimate of drug-likeness (QED) is 0.151. The molecule has 5 fully saturated rings. The van der Waals surface area contributed by atoms with Gasteiger partial charge in [0.2, 0.25) is 0 Å². The fourth-order valence-electron chi connectivity index (χ4n) is 14.5. The van der Waals surface area contributed by atoms with Gasteiger partial charge in [-0.3, -0.25) is 0 Å². The predicted octanol–water partition coefficient (Wildman–Crippen LogP) is 6.86. The Kier molecular flexibility index (Phi) is 11.7. The van der Waals surface area contributed by atoms with Crippen LogP contribution in [0.3, 0.4) is 0 Å². The van der Waals surface area contributed by atoms with E-state index in [1.54, 1.807) is 12.5 Å². The van der Waals surface area contributed by atoms with Gasteiger partial charge in [0.05, 0.1) is 24.7 Å². The highest BCUT2D eigenvalue weighted by atomic mass is 16.4. The minimum Gasteiger partial charge on any atom is -0.466 e. The molecule has 0 saturated heterocycles. The third kappa shape index (κ3) is 6.64. The lowest BCUT2D eigenvalue weighted by Crippen LogP contribution is -2.55. The van der Waals surface area contributed by atoms with Crippen molar-refractivity contribution in [3.8, 4) is 0 Å².